The van der Waals surface area contributed by atoms with Crippen LogP contribution in [0.25, 0.3) is 0 Å². The number of hydrogen-bond donors (Lipinski definition) is 0. The second-order valence-electron chi connectivity index (χ2n) is 15.8. The van der Waals surface area contributed by atoms with Crippen LogP contribution in [0.3, 0.4) is 0 Å². The molecule has 1 aliphatic heterocycles. The minimum atomic E-state index is -1.68. The molecule has 1 aliphatic rings. The zero-order chi connectivity index (χ0) is 29.1. The Kier molecular flexibility index (Phi) is 8.24. The molecule has 0 amide bonds. The molecule has 4 heteroatoms. The summed E-state index contributed by atoms with van der Waals surface area (Å²) in [7, 11) is -1.68. The average molecular weight is 541 g/mol. The van der Waals surface area contributed by atoms with Gasteiger partial charge >= 0.3 is 8.60 Å². The standard InChI is InChI=1S/C34H53O3P/c1-16-34(14,15)37-38-35-28-22(18-24(30(2,3)4)20-26(28)32(8,9)10)17-23-19-25(31(5,6)7)21-27(29(23)36-38)33(11,12)13/h18-21H,16-17H2,1-15H3. The van der Waals surface area contributed by atoms with E-state index in [0.717, 1.165) is 24.3 Å². The summed E-state index contributed by atoms with van der Waals surface area (Å²) < 4.78 is 20.3. The average Bonchev–Trinajstić information content (AvgIpc) is 2.70. The second-order valence-corrected chi connectivity index (χ2v) is 16.8. The molecule has 0 aliphatic carbocycles. The molecule has 1 heterocycles. The molecule has 0 radical (unpaired) electrons. The van der Waals surface area contributed by atoms with Crippen LogP contribution in [0.15, 0.2) is 24.3 Å². The van der Waals surface area contributed by atoms with Crippen LogP contribution < -0.4 is 9.05 Å². The largest absolute Gasteiger partial charge is 0.463 e. The summed E-state index contributed by atoms with van der Waals surface area (Å²) >= 11 is 0. The third-order valence-electron chi connectivity index (χ3n) is 7.57. The van der Waals surface area contributed by atoms with Crippen molar-refractivity contribution < 1.29 is 13.6 Å². The first kappa shape index (κ1) is 31.0. The molecule has 0 atom stereocenters. The first-order valence-corrected chi connectivity index (χ1v) is 15.3. The molecule has 0 spiro atoms. The molecule has 0 saturated carbocycles. The van der Waals surface area contributed by atoms with Gasteiger partial charge in [-0.3, -0.25) is 4.52 Å². The summed E-state index contributed by atoms with van der Waals surface area (Å²) in [6.45, 7) is 33.7. The molecule has 0 fully saturated rings. The van der Waals surface area contributed by atoms with Gasteiger partial charge in [-0.2, -0.15) is 0 Å². The molecule has 2 aromatic rings. The Bertz CT molecular complexity index is 1080. The zero-order valence-electron chi connectivity index (χ0n) is 26.9. The Morgan fingerprint density at radius 2 is 0.974 bits per heavy atom. The highest BCUT2D eigenvalue weighted by atomic mass is 31.2. The summed E-state index contributed by atoms with van der Waals surface area (Å²) in [5, 5.41) is 0. The second kappa shape index (κ2) is 10.1. The van der Waals surface area contributed by atoms with Crippen molar-refractivity contribution in [3.63, 3.8) is 0 Å². The van der Waals surface area contributed by atoms with Gasteiger partial charge in [0.1, 0.15) is 11.5 Å². The van der Waals surface area contributed by atoms with Crippen LogP contribution in [0.1, 0.15) is 144 Å². The minimum absolute atomic E-state index is 0.0198. The molecule has 0 unspecified atom stereocenters. The van der Waals surface area contributed by atoms with Crippen LogP contribution >= 0.6 is 8.60 Å². The molecule has 0 saturated heterocycles. The van der Waals surface area contributed by atoms with Crippen molar-refractivity contribution in [2.45, 2.75) is 144 Å². The van der Waals surface area contributed by atoms with Crippen molar-refractivity contribution in [1.29, 1.82) is 0 Å². The SMILES string of the molecule is CCC(C)(C)OP1Oc2c(cc(C(C)(C)C)cc2C(C)(C)C)Cc2cc(C(C)(C)C)cc(C(C)(C)C)c2O1. The Labute approximate surface area is 235 Å². The molecule has 0 N–H and O–H groups in total. The highest BCUT2D eigenvalue weighted by molar-refractivity contribution is 7.42. The molecule has 38 heavy (non-hydrogen) atoms. The Morgan fingerprint density at radius 1 is 0.605 bits per heavy atom. The van der Waals surface area contributed by atoms with Crippen molar-refractivity contribution >= 4 is 8.60 Å². The lowest BCUT2D eigenvalue weighted by molar-refractivity contribution is 0.0908. The minimum Gasteiger partial charge on any atom is -0.417 e. The number of rotatable bonds is 3. The van der Waals surface area contributed by atoms with Crippen molar-refractivity contribution in [3.8, 4) is 11.5 Å². The topological polar surface area (TPSA) is 27.7 Å². The van der Waals surface area contributed by atoms with Gasteiger partial charge in [-0.15, -0.1) is 0 Å². The van der Waals surface area contributed by atoms with Gasteiger partial charge in [0.15, 0.2) is 0 Å². The molecular weight excluding hydrogens is 487 g/mol. The predicted molar refractivity (Wildman–Crippen MR) is 164 cm³/mol. The van der Waals surface area contributed by atoms with E-state index in [-0.39, 0.29) is 27.3 Å². The van der Waals surface area contributed by atoms with Gasteiger partial charge in [0.25, 0.3) is 0 Å². The third kappa shape index (κ3) is 6.95. The lowest BCUT2D eigenvalue weighted by Crippen LogP contribution is -2.25. The first-order valence-electron chi connectivity index (χ1n) is 14.2. The summed E-state index contributed by atoms with van der Waals surface area (Å²) in [5.74, 6) is 1.85. The molecule has 0 aromatic heterocycles. The van der Waals surface area contributed by atoms with Crippen LogP contribution in [-0.2, 0) is 32.6 Å². The highest BCUT2D eigenvalue weighted by Crippen LogP contribution is 2.54. The van der Waals surface area contributed by atoms with E-state index in [1.807, 2.05) is 0 Å². The third-order valence-corrected chi connectivity index (χ3v) is 8.87. The van der Waals surface area contributed by atoms with E-state index in [1.54, 1.807) is 0 Å². The molecule has 0 bridgehead atoms. The van der Waals surface area contributed by atoms with E-state index in [4.69, 9.17) is 13.6 Å². The quantitative estimate of drug-likeness (QED) is 0.362. The van der Waals surface area contributed by atoms with Gasteiger partial charge < -0.3 is 9.05 Å². The van der Waals surface area contributed by atoms with Crippen LogP contribution in [-0.4, -0.2) is 5.60 Å². The normalized spacial score (nSPS) is 15.7. The van der Waals surface area contributed by atoms with Crippen molar-refractivity contribution in [2.75, 3.05) is 0 Å². The fourth-order valence-electron chi connectivity index (χ4n) is 4.51. The highest BCUT2D eigenvalue weighted by Gasteiger charge is 2.37. The van der Waals surface area contributed by atoms with Crippen molar-refractivity contribution in [3.05, 3.63) is 57.6 Å². The van der Waals surface area contributed by atoms with Crippen LogP contribution in [0.5, 0.6) is 11.5 Å². The number of hydrogen-bond acceptors (Lipinski definition) is 3. The molecule has 3 rings (SSSR count). The Balaban J connectivity index is 2.42. The lowest BCUT2D eigenvalue weighted by atomic mass is 9.76. The smallest absolute Gasteiger partial charge is 0.417 e. The fourth-order valence-corrected chi connectivity index (χ4v) is 5.89. The molecular formula is C34H53O3P. The monoisotopic (exact) mass is 540 g/mol. The van der Waals surface area contributed by atoms with Gasteiger partial charge in [-0.1, -0.05) is 114 Å². The maximum absolute atomic E-state index is 6.84. The van der Waals surface area contributed by atoms with E-state index in [1.165, 1.54) is 33.4 Å². The molecule has 212 valence electrons. The van der Waals surface area contributed by atoms with Gasteiger partial charge in [0.2, 0.25) is 0 Å². The van der Waals surface area contributed by atoms with Crippen LogP contribution in [0.4, 0.5) is 0 Å². The summed E-state index contributed by atoms with van der Waals surface area (Å²) in [6.07, 6.45) is 1.62. The summed E-state index contributed by atoms with van der Waals surface area (Å²) in [6, 6.07) is 9.40. The first-order chi connectivity index (χ1) is 17.0. The predicted octanol–water partition coefficient (Wildman–Crippen LogP) is 10.7. The van der Waals surface area contributed by atoms with Gasteiger partial charge in [-0.05, 0) is 64.2 Å². The summed E-state index contributed by atoms with van der Waals surface area (Å²) in [5.41, 5.74) is 6.97. The van der Waals surface area contributed by atoms with E-state index in [2.05, 4.69) is 128 Å². The summed E-state index contributed by atoms with van der Waals surface area (Å²) in [4.78, 5) is 0. The fraction of sp³-hybridized carbons (Fsp3) is 0.647. The zero-order valence-corrected chi connectivity index (χ0v) is 27.8. The maximum atomic E-state index is 6.84. The van der Waals surface area contributed by atoms with E-state index in [9.17, 15) is 0 Å². The van der Waals surface area contributed by atoms with E-state index in [0.29, 0.717) is 0 Å². The van der Waals surface area contributed by atoms with Gasteiger partial charge in [0.05, 0.1) is 5.60 Å². The maximum Gasteiger partial charge on any atom is 0.463 e. The van der Waals surface area contributed by atoms with E-state index >= 15 is 0 Å². The van der Waals surface area contributed by atoms with Crippen molar-refractivity contribution in [1.82, 2.24) is 0 Å². The number of benzene rings is 2. The molecule has 3 nitrogen and oxygen atoms in total. The van der Waals surface area contributed by atoms with Crippen molar-refractivity contribution in [2.24, 2.45) is 0 Å². The Morgan fingerprint density at radius 3 is 1.26 bits per heavy atom. The van der Waals surface area contributed by atoms with Crippen LogP contribution in [0.2, 0.25) is 0 Å². The van der Waals surface area contributed by atoms with Crippen LogP contribution in [0, 0.1) is 0 Å². The lowest BCUT2D eigenvalue weighted by Gasteiger charge is -2.36. The Hall–Kier alpha value is -1.57. The van der Waals surface area contributed by atoms with Gasteiger partial charge in [-0.25, -0.2) is 0 Å². The van der Waals surface area contributed by atoms with Gasteiger partial charge in [0, 0.05) is 17.5 Å². The van der Waals surface area contributed by atoms with E-state index < -0.39 is 8.60 Å². The molecule has 2 aromatic carbocycles. The number of fused-ring (bicyclic) bond motifs is 2.